The van der Waals surface area contributed by atoms with E-state index in [9.17, 15) is 4.79 Å². The molecule has 2 aromatic carbocycles. The lowest BCUT2D eigenvalue weighted by atomic mass is 10.1. The van der Waals surface area contributed by atoms with Gasteiger partial charge in [0.15, 0.2) is 5.17 Å². The standard InChI is InChI=1S/C24H21Cl2N3OS/c1-13-7-5-8-14(2)22(13)29-15(3)11-17(16(29)4)12-20-23(30)28-24(31-20)27-19-10-6-9-18(25)21(19)26/h5-12H,1-4H3,(H,27,28,30)/b20-12+. The number of rotatable bonds is 3. The number of aryl methyl sites for hydroxylation is 3. The summed E-state index contributed by atoms with van der Waals surface area (Å²) in [5.41, 5.74) is 7.32. The molecule has 0 spiro atoms. The molecule has 31 heavy (non-hydrogen) atoms. The number of nitrogens with one attached hydrogen (secondary N) is 1. The highest BCUT2D eigenvalue weighted by molar-refractivity contribution is 8.18. The fourth-order valence-electron chi connectivity index (χ4n) is 3.75. The number of benzene rings is 2. The lowest BCUT2D eigenvalue weighted by Gasteiger charge is -2.15. The van der Waals surface area contributed by atoms with Crippen molar-refractivity contribution in [2.75, 3.05) is 0 Å². The Labute approximate surface area is 196 Å². The predicted molar refractivity (Wildman–Crippen MR) is 132 cm³/mol. The molecule has 1 aliphatic rings. The highest BCUT2D eigenvalue weighted by atomic mass is 35.5. The van der Waals surface area contributed by atoms with Gasteiger partial charge in [-0.05, 0) is 80.4 Å². The van der Waals surface area contributed by atoms with Crippen molar-refractivity contribution in [2.45, 2.75) is 27.7 Å². The molecular formula is C24H21Cl2N3OS. The van der Waals surface area contributed by atoms with Crippen LogP contribution in [-0.2, 0) is 4.79 Å². The topological polar surface area (TPSA) is 46.4 Å². The molecule has 0 atom stereocenters. The smallest absolute Gasteiger partial charge is 0.264 e. The second kappa shape index (κ2) is 8.58. The van der Waals surface area contributed by atoms with Crippen molar-refractivity contribution >= 4 is 57.8 Å². The van der Waals surface area contributed by atoms with Crippen molar-refractivity contribution in [3.8, 4) is 5.69 Å². The first-order chi connectivity index (χ1) is 14.8. The molecular weight excluding hydrogens is 449 g/mol. The van der Waals surface area contributed by atoms with Crippen LogP contribution < -0.4 is 5.32 Å². The molecule has 4 rings (SSSR count). The fraction of sp³-hybridized carbons (Fsp3) is 0.167. The number of amidine groups is 1. The Hall–Kier alpha value is -2.47. The Morgan fingerprint density at radius 3 is 2.42 bits per heavy atom. The Morgan fingerprint density at radius 1 is 1.03 bits per heavy atom. The van der Waals surface area contributed by atoms with Gasteiger partial charge in [-0.3, -0.25) is 4.79 Å². The molecule has 0 saturated carbocycles. The molecule has 1 aromatic heterocycles. The summed E-state index contributed by atoms with van der Waals surface area (Å²) in [4.78, 5) is 17.6. The number of aromatic nitrogens is 1. The number of para-hydroxylation sites is 1. The second-order valence-corrected chi connectivity index (χ2v) is 9.27. The molecule has 1 saturated heterocycles. The summed E-state index contributed by atoms with van der Waals surface area (Å²) in [5.74, 6) is -0.182. The maximum absolute atomic E-state index is 12.6. The number of halogens is 2. The van der Waals surface area contributed by atoms with Gasteiger partial charge in [-0.2, -0.15) is 0 Å². The summed E-state index contributed by atoms with van der Waals surface area (Å²) in [7, 11) is 0. The Kier molecular flexibility index (Phi) is 6.02. The fourth-order valence-corrected chi connectivity index (χ4v) is 4.91. The molecule has 0 unspecified atom stereocenters. The van der Waals surface area contributed by atoms with Crippen LogP contribution in [0.4, 0.5) is 5.69 Å². The van der Waals surface area contributed by atoms with E-state index in [-0.39, 0.29) is 5.91 Å². The lowest BCUT2D eigenvalue weighted by Crippen LogP contribution is -2.19. The minimum Gasteiger partial charge on any atom is -0.317 e. The third-order valence-electron chi connectivity index (χ3n) is 5.22. The van der Waals surface area contributed by atoms with Crippen LogP contribution in [0.3, 0.4) is 0 Å². The summed E-state index contributed by atoms with van der Waals surface area (Å²) in [6.07, 6.45) is 1.91. The van der Waals surface area contributed by atoms with Crippen LogP contribution in [0.1, 0.15) is 28.1 Å². The largest absolute Gasteiger partial charge is 0.317 e. The van der Waals surface area contributed by atoms with E-state index in [1.807, 2.05) is 6.08 Å². The maximum atomic E-state index is 12.6. The van der Waals surface area contributed by atoms with E-state index in [4.69, 9.17) is 23.2 Å². The van der Waals surface area contributed by atoms with E-state index in [0.717, 1.165) is 17.0 Å². The number of thioether (sulfide) groups is 1. The minimum absolute atomic E-state index is 0.182. The SMILES string of the molecule is Cc1cccc(C)c1-n1c(C)cc(/C=C2/SC(=Nc3cccc(Cl)c3Cl)NC2=O)c1C. The van der Waals surface area contributed by atoms with Gasteiger partial charge >= 0.3 is 0 Å². The van der Waals surface area contributed by atoms with E-state index >= 15 is 0 Å². The van der Waals surface area contributed by atoms with Gasteiger partial charge in [0.05, 0.1) is 26.3 Å². The summed E-state index contributed by atoms with van der Waals surface area (Å²) < 4.78 is 2.25. The van der Waals surface area contributed by atoms with Gasteiger partial charge in [0, 0.05) is 11.4 Å². The van der Waals surface area contributed by atoms with Gasteiger partial charge in [0.1, 0.15) is 0 Å². The van der Waals surface area contributed by atoms with Gasteiger partial charge in [0.2, 0.25) is 0 Å². The van der Waals surface area contributed by atoms with Crippen LogP contribution in [-0.4, -0.2) is 15.6 Å². The number of hydrogen-bond acceptors (Lipinski definition) is 3. The summed E-state index contributed by atoms with van der Waals surface area (Å²) >= 11 is 13.6. The first-order valence-corrected chi connectivity index (χ1v) is 11.3. The number of amides is 1. The van der Waals surface area contributed by atoms with Crippen molar-refractivity contribution in [1.29, 1.82) is 0 Å². The Morgan fingerprint density at radius 2 is 1.71 bits per heavy atom. The third-order valence-corrected chi connectivity index (χ3v) is 6.94. The van der Waals surface area contributed by atoms with Gasteiger partial charge in [-0.15, -0.1) is 0 Å². The number of carbonyl (C=O) groups is 1. The number of carbonyl (C=O) groups excluding carboxylic acids is 1. The zero-order valence-electron chi connectivity index (χ0n) is 17.6. The summed E-state index contributed by atoms with van der Waals surface area (Å²) in [5, 5.41) is 4.07. The quantitative estimate of drug-likeness (QED) is 0.423. The lowest BCUT2D eigenvalue weighted by molar-refractivity contribution is -0.115. The maximum Gasteiger partial charge on any atom is 0.264 e. The third kappa shape index (κ3) is 4.18. The highest BCUT2D eigenvalue weighted by Gasteiger charge is 2.25. The molecule has 7 heteroatoms. The monoisotopic (exact) mass is 469 g/mol. The zero-order valence-corrected chi connectivity index (χ0v) is 19.9. The second-order valence-electron chi connectivity index (χ2n) is 7.46. The molecule has 0 aliphatic carbocycles. The molecule has 0 bridgehead atoms. The molecule has 1 aliphatic heterocycles. The van der Waals surface area contributed by atoms with Gasteiger partial charge in [0.25, 0.3) is 5.91 Å². The van der Waals surface area contributed by atoms with Crippen molar-refractivity contribution in [3.63, 3.8) is 0 Å². The molecule has 1 amide bonds. The highest BCUT2D eigenvalue weighted by Crippen LogP contribution is 2.35. The Bertz CT molecular complexity index is 1250. The van der Waals surface area contributed by atoms with Crippen molar-refractivity contribution in [2.24, 2.45) is 4.99 Å². The van der Waals surface area contributed by atoms with Crippen molar-refractivity contribution < 1.29 is 4.79 Å². The van der Waals surface area contributed by atoms with Crippen LogP contribution in [0.5, 0.6) is 0 Å². The van der Waals surface area contributed by atoms with E-state index in [0.29, 0.717) is 25.8 Å². The molecule has 158 valence electrons. The van der Waals surface area contributed by atoms with Crippen molar-refractivity contribution in [3.05, 3.63) is 85.5 Å². The Balaban J connectivity index is 1.69. The zero-order chi connectivity index (χ0) is 22.3. The van der Waals surface area contributed by atoms with Gasteiger partial charge in [-0.1, -0.05) is 47.5 Å². The molecule has 3 aromatic rings. The van der Waals surface area contributed by atoms with E-state index in [1.165, 1.54) is 28.6 Å². The van der Waals surface area contributed by atoms with Crippen LogP contribution in [0.15, 0.2) is 52.4 Å². The molecule has 4 nitrogen and oxygen atoms in total. The number of aliphatic imine (C=N–C) groups is 1. The van der Waals surface area contributed by atoms with Crippen LogP contribution in [0.25, 0.3) is 11.8 Å². The van der Waals surface area contributed by atoms with Crippen LogP contribution in [0.2, 0.25) is 10.0 Å². The first kappa shape index (κ1) is 21.8. The van der Waals surface area contributed by atoms with Crippen LogP contribution >= 0.6 is 35.0 Å². The van der Waals surface area contributed by atoms with Crippen LogP contribution in [0, 0.1) is 27.7 Å². The van der Waals surface area contributed by atoms with E-state index < -0.39 is 0 Å². The predicted octanol–water partition coefficient (Wildman–Crippen LogP) is 6.91. The summed E-state index contributed by atoms with van der Waals surface area (Å²) in [6.45, 7) is 8.38. The molecule has 1 N–H and O–H groups in total. The summed E-state index contributed by atoms with van der Waals surface area (Å²) in [6, 6.07) is 13.6. The van der Waals surface area contributed by atoms with Crippen molar-refractivity contribution in [1.82, 2.24) is 9.88 Å². The van der Waals surface area contributed by atoms with Gasteiger partial charge in [-0.25, -0.2) is 4.99 Å². The average Bonchev–Trinajstić information content (AvgIpc) is 3.19. The molecule has 0 radical (unpaired) electrons. The van der Waals surface area contributed by atoms with Gasteiger partial charge < -0.3 is 9.88 Å². The molecule has 1 fully saturated rings. The number of nitrogens with zero attached hydrogens (tertiary/aromatic N) is 2. The molecule has 2 heterocycles. The van der Waals surface area contributed by atoms with E-state index in [2.05, 4.69) is 66.8 Å². The minimum atomic E-state index is -0.182. The van der Waals surface area contributed by atoms with E-state index in [1.54, 1.807) is 18.2 Å². The normalized spacial score (nSPS) is 16.4. The number of hydrogen-bond donors (Lipinski definition) is 1. The average molecular weight is 470 g/mol. The first-order valence-electron chi connectivity index (χ1n) is 9.75.